The molecular weight excluding hydrogens is 217 g/mol. The Morgan fingerprint density at radius 2 is 2.27 bits per heavy atom. The van der Waals surface area contributed by atoms with Crippen molar-refractivity contribution in [2.45, 2.75) is 32.3 Å². The third-order valence-corrected chi connectivity index (χ3v) is 1.37. The van der Waals surface area contributed by atoms with Gasteiger partial charge >= 0.3 is 0 Å². The van der Waals surface area contributed by atoms with Gasteiger partial charge in [-0.05, 0) is 25.0 Å². The molecule has 0 aromatic carbocycles. The van der Waals surface area contributed by atoms with Gasteiger partial charge in [-0.2, -0.15) is 0 Å². The zero-order chi connectivity index (χ0) is 7.98. The van der Waals surface area contributed by atoms with E-state index in [9.17, 15) is 4.79 Å². The van der Waals surface area contributed by atoms with Gasteiger partial charge in [0.15, 0.2) is 0 Å². The summed E-state index contributed by atoms with van der Waals surface area (Å²) in [6.07, 6.45) is 3.48. The Balaban J connectivity index is 0. The third kappa shape index (κ3) is 8.38. The summed E-state index contributed by atoms with van der Waals surface area (Å²) in [5.74, 6) is -0.118. The second-order valence-electron chi connectivity index (χ2n) is 2.20. The van der Waals surface area contributed by atoms with Gasteiger partial charge in [0, 0.05) is 32.7 Å². The second kappa shape index (κ2) is 8.57. The van der Waals surface area contributed by atoms with Crippen molar-refractivity contribution in [3.8, 4) is 0 Å². The predicted octanol–water partition coefficient (Wildman–Crippen LogP) is 1.09. The number of rotatable bonds is 5. The number of hydrogen-bond donors (Lipinski definition) is 1. The van der Waals surface area contributed by atoms with Crippen molar-refractivity contribution in [1.29, 1.82) is 0 Å². The van der Waals surface area contributed by atoms with Crippen LogP contribution < -0.4 is 0 Å². The number of carbonyl (C=O) groups excluding carboxylic acids is 1. The SMILES string of the molecule is C=[C-]C(=O)CCC(O)CC.[Y]. The number of allylic oxidation sites excluding steroid dienone is 1. The summed E-state index contributed by atoms with van der Waals surface area (Å²) in [5.41, 5.74) is 0. The largest absolute Gasteiger partial charge is 0.435 e. The van der Waals surface area contributed by atoms with Crippen molar-refractivity contribution in [3.05, 3.63) is 12.7 Å². The predicted molar refractivity (Wildman–Crippen MR) is 39.4 cm³/mol. The summed E-state index contributed by atoms with van der Waals surface area (Å²) in [5, 5.41) is 9.00. The van der Waals surface area contributed by atoms with Crippen molar-refractivity contribution >= 4 is 5.78 Å². The number of aliphatic hydroxyl groups excluding tert-OH is 1. The molecular formula is C8H13O2Y-. The molecule has 1 atom stereocenters. The second-order valence-corrected chi connectivity index (χ2v) is 2.20. The van der Waals surface area contributed by atoms with Crippen molar-refractivity contribution in [3.63, 3.8) is 0 Å². The molecule has 0 heterocycles. The molecule has 0 bridgehead atoms. The van der Waals surface area contributed by atoms with Crippen LogP contribution in [0.2, 0.25) is 0 Å². The summed E-state index contributed by atoms with van der Waals surface area (Å²) < 4.78 is 0. The molecule has 61 valence electrons. The van der Waals surface area contributed by atoms with Gasteiger partial charge in [0.25, 0.3) is 0 Å². The van der Waals surface area contributed by atoms with Crippen LogP contribution in [0.25, 0.3) is 0 Å². The number of aliphatic hydroxyl groups is 1. The first-order chi connectivity index (χ1) is 4.70. The molecule has 0 rings (SSSR count). The fourth-order valence-electron chi connectivity index (χ4n) is 0.590. The molecule has 2 nitrogen and oxygen atoms in total. The normalized spacial score (nSPS) is 11.5. The molecule has 0 saturated heterocycles. The smallest absolute Gasteiger partial charge is 0.0540 e. The molecule has 3 heteroatoms. The van der Waals surface area contributed by atoms with Crippen molar-refractivity contribution in [1.82, 2.24) is 0 Å². The standard InChI is InChI=1S/C8H13O2.Y/c1-3-7(9)5-6-8(10)4-2;/h8,10H,1,4-6H2,2H3;/q-1;. The van der Waals surface area contributed by atoms with Gasteiger partial charge in [-0.1, -0.05) is 6.92 Å². The summed E-state index contributed by atoms with van der Waals surface area (Å²) in [7, 11) is 0. The van der Waals surface area contributed by atoms with E-state index >= 15 is 0 Å². The van der Waals surface area contributed by atoms with Crippen LogP contribution in [0.4, 0.5) is 0 Å². The van der Waals surface area contributed by atoms with Crippen LogP contribution in [-0.2, 0) is 37.5 Å². The Labute approximate surface area is 92.9 Å². The van der Waals surface area contributed by atoms with E-state index in [1.807, 2.05) is 6.92 Å². The molecule has 0 aromatic heterocycles. The van der Waals surface area contributed by atoms with E-state index in [1.54, 1.807) is 0 Å². The zero-order valence-electron chi connectivity index (χ0n) is 6.84. The van der Waals surface area contributed by atoms with E-state index in [0.717, 1.165) is 0 Å². The number of carbonyl (C=O) groups is 1. The molecule has 0 aromatic rings. The minimum Gasteiger partial charge on any atom is -0.435 e. The van der Waals surface area contributed by atoms with Crippen molar-refractivity contribution in [2.75, 3.05) is 0 Å². The molecule has 0 aliphatic carbocycles. The van der Waals surface area contributed by atoms with Gasteiger partial charge in [-0.15, -0.1) is 0 Å². The van der Waals surface area contributed by atoms with E-state index < -0.39 is 0 Å². The van der Waals surface area contributed by atoms with Gasteiger partial charge < -0.3 is 16.0 Å². The van der Waals surface area contributed by atoms with Crippen LogP contribution in [0.3, 0.4) is 0 Å². The van der Waals surface area contributed by atoms with Gasteiger partial charge in [0.2, 0.25) is 0 Å². The van der Waals surface area contributed by atoms with E-state index in [-0.39, 0.29) is 44.6 Å². The van der Waals surface area contributed by atoms with Crippen LogP contribution in [0, 0.1) is 6.08 Å². The van der Waals surface area contributed by atoms with E-state index in [4.69, 9.17) is 5.11 Å². The Hall–Kier alpha value is 0.474. The van der Waals surface area contributed by atoms with Gasteiger partial charge in [-0.25, -0.2) is 0 Å². The number of Topliss-reactive ketones (excluding diaryl/α,β-unsaturated/α-hetero) is 1. The maximum absolute atomic E-state index is 10.5. The molecule has 0 aliphatic heterocycles. The van der Waals surface area contributed by atoms with E-state index in [2.05, 4.69) is 12.7 Å². The summed E-state index contributed by atoms with van der Waals surface area (Å²) in [6, 6.07) is 0. The maximum Gasteiger partial charge on any atom is 0.0540 e. The molecule has 1 N–H and O–H groups in total. The molecule has 11 heavy (non-hydrogen) atoms. The average molecular weight is 230 g/mol. The van der Waals surface area contributed by atoms with Crippen LogP contribution in [0.15, 0.2) is 6.58 Å². The minimum absolute atomic E-state index is 0. The Kier molecular flexibility index (Phi) is 10.9. The Morgan fingerprint density at radius 1 is 1.73 bits per heavy atom. The van der Waals surface area contributed by atoms with Crippen LogP contribution in [0.1, 0.15) is 26.2 Å². The van der Waals surface area contributed by atoms with Crippen molar-refractivity contribution < 1.29 is 42.6 Å². The molecule has 0 fully saturated rings. The first kappa shape index (κ1) is 14.0. The molecule has 0 amide bonds. The van der Waals surface area contributed by atoms with Crippen molar-refractivity contribution in [2.24, 2.45) is 0 Å². The molecule has 0 spiro atoms. The third-order valence-electron chi connectivity index (χ3n) is 1.37. The monoisotopic (exact) mass is 230 g/mol. The van der Waals surface area contributed by atoms with E-state index in [1.165, 1.54) is 0 Å². The van der Waals surface area contributed by atoms with Crippen LogP contribution in [-0.4, -0.2) is 17.0 Å². The first-order valence-corrected chi connectivity index (χ1v) is 3.44. The Morgan fingerprint density at radius 3 is 2.64 bits per heavy atom. The first-order valence-electron chi connectivity index (χ1n) is 3.44. The number of hydrogen-bond acceptors (Lipinski definition) is 2. The number of ketones is 1. The fraction of sp³-hybridized carbons (Fsp3) is 0.625. The topological polar surface area (TPSA) is 37.3 Å². The summed E-state index contributed by atoms with van der Waals surface area (Å²) in [4.78, 5) is 10.5. The maximum atomic E-state index is 10.5. The molecule has 1 unspecified atom stereocenters. The molecule has 1 radical (unpaired) electrons. The van der Waals surface area contributed by atoms with Crippen LogP contribution >= 0.6 is 0 Å². The molecule has 0 saturated carbocycles. The zero-order valence-corrected chi connectivity index (χ0v) is 9.68. The van der Waals surface area contributed by atoms with Gasteiger partial charge in [-0.3, -0.25) is 6.58 Å². The van der Waals surface area contributed by atoms with Gasteiger partial charge in [0.05, 0.1) is 6.10 Å². The average Bonchev–Trinajstić information content (AvgIpc) is 1.99. The van der Waals surface area contributed by atoms with E-state index in [0.29, 0.717) is 19.3 Å². The summed E-state index contributed by atoms with van der Waals surface area (Å²) >= 11 is 0. The van der Waals surface area contributed by atoms with Crippen LogP contribution in [0.5, 0.6) is 0 Å². The Bertz CT molecular complexity index is 123. The summed E-state index contributed by atoms with van der Waals surface area (Å²) in [6.45, 7) is 5.09. The quantitative estimate of drug-likeness (QED) is 0.567. The minimum atomic E-state index is -0.350. The van der Waals surface area contributed by atoms with Gasteiger partial charge in [0.1, 0.15) is 0 Å². The fourth-order valence-corrected chi connectivity index (χ4v) is 0.590. The molecule has 0 aliphatic rings.